The van der Waals surface area contributed by atoms with Crippen LogP contribution in [0, 0.1) is 20.8 Å². The Balaban J connectivity index is 1.55. The van der Waals surface area contributed by atoms with Crippen molar-refractivity contribution in [3.05, 3.63) is 57.4 Å². The summed E-state index contributed by atoms with van der Waals surface area (Å²) < 4.78 is 5.64. The SMILES string of the molecule is Cc1ccc(C)c(OCC(=O)NCc2sc(-c3cccs3)nc2C)c1. The number of carbonyl (C=O) groups is 1. The fourth-order valence-electron chi connectivity index (χ4n) is 2.33. The molecule has 3 rings (SSSR count). The van der Waals surface area contributed by atoms with Crippen LogP contribution in [0.1, 0.15) is 21.7 Å². The predicted octanol–water partition coefficient (Wildman–Crippen LogP) is 4.49. The number of nitrogens with zero attached hydrogens (tertiary/aromatic N) is 1. The molecular formula is C19H20N2O2S2. The smallest absolute Gasteiger partial charge is 0.258 e. The van der Waals surface area contributed by atoms with Gasteiger partial charge in [-0.1, -0.05) is 18.2 Å². The highest BCUT2D eigenvalue weighted by molar-refractivity contribution is 7.21. The number of rotatable bonds is 6. The number of hydrogen-bond acceptors (Lipinski definition) is 5. The van der Waals surface area contributed by atoms with Crippen molar-refractivity contribution in [1.82, 2.24) is 10.3 Å². The summed E-state index contributed by atoms with van der Waals surface area (Å²) in [5.74, 6) is 0.621. The summed E-state index contributed by atoms with van der Waals surface area (Å²) in [6.45, 7) is 6.44. The molecule has 1 N–H and O–H groups in total. The zero-order chi connectivity index (χ0) is 17.8. The van der Waals surface area contributed by atoms with E-state index in [9.17, 15) is 4.79 Å². The highest BCUT2D eigenvalue weighted by atomic mass is 32.1. The van der Waals surface area contributed by atoms with Crippen molar-refractivity contribution in [2.45, 2.75) is 27.3 Å². The average molecular weight is 373 g/mol. The fraction of sp³-hybridized carbons (Fsp3) is 0.263. The Kier molecular flexibility index (Phi) is 5.50. The minimum absolute atomic E-state index is 0.0138. The van der Waals surface area contributed by atoms with Gasteiger partial charge in [-0.25, -0.2) is 4.98 Å². The largest absolute Gasteiger partial charge is 0.483 e. The average Bonchev–Trinajstić information content (AvgIpc) is 3.23. The van der Waals surface area contributed by atoms with Gasteiger partial charge in [0, 0.05) is 4.88 Å². The maximum absolute atomic E-state index is 12.1. The quantitative estimate of drug-likeness (QED) is 0.693. The molecule has 0 bridgehead atoms. The predicted molar refractivity (Wildman–Crippen MR) is 103 cm³/mol. The molecule has 3 aromatic rings. The Morgan fingerprint density at radius 2 is 2.08 bits per heavy atom. The molecule has 0 atom stereocenters. The van der Waals surface area contributed by atoms with Crippen molar-refractivity contribution in [3.63, 3.8) is 0 Å². The van der Waals surface area contributed by atoms with Gasteiger partial charge in [0.15, 0.2) is 6.61 Å². The van der Waals surface area contributed by atoms with Crippen molar-refractivity contribution in [2.24, 2.45) is 0 Å². The minimum Gasteiger partial charge on any atom is -0.483 e. The number of amides is 1. The lowest BCUT2D eigenvalue weighted by Crippen LogP contribution is -2.28. The van der Waals surface area contributed by atoms with E-state index in [1.807, 2.05) is 50.4 Å². The molecule has 4 nitrogen and oxygen atoms in total. The minimum atomic E-state index is -0.133. The van der Waals surface area contributed by atoms with Crippen LogP contribution in [0.5, 0.6) is 5.75 Å². The van der Waals surface area contributed by atoms with Crippen molar-refractivity contribution < 1.29 is 9.53 Å². The molecule has 0 saturated carbocycles. The lowest BCUT2D eigenvalue weighted by Gasteiger charge is -2.10. The van der Waals surface area contributed by atoms with Crippen LogP contribution in [0.3, 0.4) is 0 Å². The molecule has 6 heteroatoms. The van der Waals surface area contributed by atoms with Crippen LogP contribution < -0.4 is 10.1 Å². The van der Waals surface area contributed by atoms with E-state index < -0.39 is 0 Å². The van der Waals surface area contributed by atoms with Crippen LogP contribution in [-0.4, -0.2) is 17.5 Å². The van der Waals surface area contributed by atoms with E-state index in [2.05, 4.69) is 16.4 Å². The number of carbonyl (C=O) groups excluding carboxylic acids is 1. The van der Waals surface area contributed by atoms with Gasteiger partial charge in [0.25, 0.3) is 5.91 Å². The van der Waals surface area contributed by atoms with Crippen molar-refractivity contribution in [1.29, 1.82) is 0 Å². The molecule has 2 aromatic heterocycles. The molecule has 130 valence electrons. The van der Waals surface area contributed by atoms with Gasteiger partial charge < -0.3 is 10.1 Å². The second-order valence-electron chi connectivity index (χ2n) is 5.84. The summed E-state index contributed by atoms with van der Waals surface area (Å²) in [5, 5.41) is 5.96. The highest BCUT2D eigenvalue weighted by Gasteiger charge is 2.12. The van der Waals surface area contributed by atoms with Crippen molar-refractivity contribution in [3.8, 4) is 15.6 Å². The maximum Gasteiger partial charge on any atom is 0.258 e. The van der Waals surface area contributed by atoms with E-state index in [1.165, 1.54) is 0 Å². The summed E-state index contributed by atoms with van der Waals surface area (Å²) in [6.07, 6.45) is 0. The Bertz CT molecular complexity index is 870. The second-order valence-corrected chi connectivity index (χ2v) is 7.87. The first kappa shape index (κ1) is 17.6. The first-order chi connectivity index (χ1) is 12.0. The Morgan fingerprint density at radius 3 is 2.84 bits per heavy atom. The zero-order valence-electron chi connectivity index (χ0n) is 14.5. The van der Waals surface area contributed by atoms with Crippen molar-refractivity contribution in [2.75, 3.05) is 6.61 Å². The van der Waals surface area contributed by atoms with E-state index in [4.69, 9.17) is 4.74 Å². The lowest BCUT2D eigenvalue weighted by atomic mass is 10.1. The van der Waals surface area contributed by atoms with Gasteiger partial charge >= 0.3 is 0 Å². The molecule has 25 heavy (non-hydrogen) atoms. The van der Waals surface area contributed by atoms with E-state index in [-0.39, 0.29) is 12.5 Å². The molecule has 0 aliphatic rings. The first-order valence-electron chi connectivity index (χ1n) is 8.00. The maximum atomic E-state index is 12.1. The van der Waals surface area contributed by atoms with E-state index >= 15 is 0 Å². The van der Waals surface area contributed by atoms with Crippen molar-refractivity contribution >= 4 is 28.6 Å². The third kappa shape index (κ3) is 4.46. The first-order valence-corrected chi connectivity index (χ1v) is 9.69. The molecule has 0 fully saturated rings. The van der Waals surface area contributed by atoms with Gasteiger partial charge in [-0.3, -0.25) is 4.79 Å². The number of thiophene rings is 1. The Labute approximate surface area is 155 Å². The number of nitrogens with one attached hydrogen (secondary N) is 1. The van der Waals surface area contributed by atoms with E-state index in [1.54, 1.807) is 22.7 Å². The number of hydrogen-bond donors (Lipinski definition) is 1. The molecule has 0 unspecified atom stereocenters. The van der Waals surface area contributed by atoms with Gasteiger partial charge in [-0.05, 0) is 49.4 Å². The van der Waals surface area contributed by atoms with Crippen LogP contribution in [-0.2, 0) is 11.3 Å². The molecular weight excluding hydrogens is 352 g/mol. The molecule has 0 aliphatic carbocycles. The van der Waals surface area contributed by atoms with Gasteiger partial charge in [0.1, 0.15) is 10.8 Å². The van der Waals surface area contributed by atoms with Gasteiger partial charge in [0.2, 0.25) is 0 Å². The number of thiazole rings is 1. The summed E-state index contributed by atoms with van der Waals surface area (Å²) in [7, 11) is 0. The van der Waals surface area contributed by atoms with Crippen LogP contribution in [0.2, 0.25) is 0 Å². The molecule has 2 heterocycles. The Morgan fingerprint density at radius 1 is 1.24 bits per heavy atom. The summed E-state index contributed by atoms with van der Waals surface area (Å²) in [6, 6.07) is 10.0. The van der Waals surface area contributed by atoms with Crippen LogP contribution in [0.4, 0.5) is 0 Å². The summed E-state index contributed by atoms with van der Waals surface area (Å²) in [5.41, 5.74) is 3.10. The molecule has 0 aliphatic heterocycles. The topological polar surface area (TPSA) is 51.2 Å². The molecule has 0 radical (unpaired) electrons. The van der Waals surface area contributed by atoms with Gasteiger partial charge in [-0.2, -0.15) is 0 Å². The van der Waals surface area contributed by atoms with Crippen LogP contribution in [0.25, 0.3) is 9.88 Å². The third-order valence-electron chi connectivity index (χ3n) is 3.77. The second kappa shape index (κ2) is 7.80. The summed E-state index contributed by atoms with van der Waals surface area (Å²) >= 11 is 3.29. The molecule has 0 spiro atoms. The molecule has 1 amide bonds. The van der Waals surface area contributed by atoms with E-state index in [0.29, 0.717) is 6.54 Å². The van der Waals surface area contributed by atoms with Crippen LogP contribution >= 0.6 is 22.7 Å². The van der Waals surface area contributed by atoms with Gasteiger partial charge in [0.05, 0.1) is 17.1 Å². The lowest BCUT2D eigenvalue weighted by molar-refractivity contribution is -0.123. The highest BCUT2D eigenvalue weighted by Crippen LogP contribution is 2.30. The van der Waals surface area contributed by atoms with Crippen LogP contribution in [0.15, 0.2) is 35.7 Å². The standard InChI is InChI=1S/C19H20N2O2S2/c1-12-6-7-13(2)15(9-12)23-11-18(22)20-10-17-14(3)21-19(25-17)16-5-4-8-24-16/h4-9H,10-11H2,1-3H3,(H,20,22). The Hall–Kier alpha value is -2.18. The number of ether oxygens (including phenoxy) is 1. The normalized spacial score (nSPS) is 10.7. The fourth-order valence-corrected chi connectivity index (χ4v) is 4.13. The summed E-state index contributed by atoms with van der Waals surface area (Å²) in [4.78, 5) is 18.9. The number of aromatic nitrogens is 1. The van der Waals surface area contributed by atoms with Gasteiger partial charge in [-0.15, -0.1) is 22.7 Å². The number of aryl methyl sites for hydroxylation is 3. The van der Waals surface area contributed by atoms with E-state index in [0.717, 1.165) is 37.3 Å². The molecule has 0 saturated heterocycles. The monoisotopic (exact) mass is 372 g/mol. The molecule has 1 aromatic carbocycles. The number of benzene rings is 1. The third-order valence-corrected chi connectivity index (χ3v) is 5.97. The zero-order valence-corrected chi connectivity index (χ0v) is 16.1.